The first kappa shape index (κ1) is 20.4. The molecule has 1 aliphatic heterocycles. The van der Waals surface area contributed by atoms with E-state index in [9.17, 15) is 0 Å². The van der Waals surface area contributed by atoms with Crippen LogP contribution in [0.1, 0.15) is 18.5 Å². The number of hydrogen-bond acceptors (Lipinski definition) is 3. The van der Waals surface area contributed by atoms with Crippen LogP contribution in [0, 0.1) is 0 Å². The summed E-state index contributed by atoms with van der Waals surface area (Å²) < 4.78 is 1.88. The average molecular weight is 389 g/mol. The molecule has 1 aromatic heterocycles. The van der Waals surface area contributed by atoms with Crippen molar-refractivity contribution in [1.29, 1.82) is 0 Å². The number of nitrogens with zero attached hydrogens (tertiary/aromatic N) is 4. The van der Waals surface area contributed by atoms with Crippen molar-refractivity contribution < 1.29 is 0 Å². The fourth-order valence-corrected chi connectivity index (χ4v) is 3.31. The molecule has 0 radical (unpaired) electrons. The maximum atomic E-state index is 6.09. The third kappa shape index (κ3) is 6.37. The lowest BCUT2D eigenvalue weighted by Gasteiger charge is -2.32. The molecule has 0 amide bonds. The molecule has 2 N–H and O–H groups in total. The van der Waals surface area contributed by atoms with Crippen molar-refractivity contribution >= 4 is 29.2 Å². The summed E-state index contributed by atoms with van der Waals surface area (Å²) in [7, 11) is 5.88. The van der Waals surface area contributed by atoms with Crippen LogP contribution in [0.15, 0.2) is 11.1 Å². The van der Waals surface area contributed by atoms with Crippen molar-refractivity contribution in [2.24, 2.45) is 12.0 Å². The fraction of sp³-hybridized carbons (Fsp3) is 0.706. The Bertz CT molecular complexity index is 564. The van der Waals surface area contributed by atoms with E-state index >= 15 is 0 Å². The molecule has 0 bridgehead atoms. The van der Waals surface area contributed by atoms with Crippen LogP contribution in [0.25, 0.3) is 0 Å². The molecule has 0 spiro atoms. The Labute approximate surface area is 161 Å². The SMILES string of the molecule is CN=C(NCCCCN1CCN(C)CC1)NCc1cc(Cl)c(Cl)n1C. The van der Waals surface area contributed by atoms with Gasteiger partial charge in [0.05, 0.1) is 11.6 Å². The second kappa shape index (κ2) is 10.3. The predicted octanol–water partition coefficient (Wildman–Crippen LogP) is 2.02. The third-order valence-corrected chi connectivity index (χ3v) is 5.51. The van der Waals surface area contributed by atoms with Crippen molar-refractivity contribution in [3.05, 3.63) is 21.9 Å². The van der Waals surface area contributed by atoms with Crippen molar-refractivity contribution in [1.82, 2.24) is 25.0 Å². The highest BCUT2D eigenvalue weighted by Gasteiger charge is 2.13. The van der Waals surface area contributed by atoms with Crippen LogP contribution >= 0.6 is 23.2 Å². The summed E-state index contributed by atoms with van der Waals surface area (Å²) in [5, 5.41) is 7.80. The summed E-state index contributed by atoms with van der Waals surface area (Å²) >= 11 is 12.1. The molecule has 0 aliphatic carbocycles. The second-order valence-corrected chi connectivity index (χ2v) is 7.30. The Kier molecular flexibility index (Phi) is 8.36. The van der Waals surface area contributed by atoms with E-state index in [1.54, 1.807) is 7.05 Å². The Balaban J connectivity index is 1.61. The number of unbranched alkanes of at least 4 members (excludes halogenated alkanes) is 1. The Morgan fingerprint density at radius 1 is 1.12 bits per heavy atom. The summed E-state index contributed by atoms with van der Waals surface area (Å²) in [6.07, 6.45) is 2.34. The molecule has 1 saturated heterocycles. The second-order valence-electron chi connectivity index (χ2n) is 6.54. The maximum absolute atomic E-state index is 6.09. The first-order valence-electron chi connectivity index (χ1n) is 8.86. The van der Waals surface area contributed by atoms with Crippen molar-refractivity contribution in [2.75, 3.05) is 53.4 Å². The van der Waals surface area contributed by atoms with E-state index in [0.29, 0.717) is 16.7 Å². The number of aromatic nitrogens is 1. The lowest BCUT2D eigenvalue weighted by molar-refractivity contribution is 0.152. The standard InChI is InChI=1S/C17H30Cl2N6/c1-20-17(22-13-14-12-15(18)16(19)24(14)3)21-6-4-5-7-25-10-8-23(2)9-11-25/h12H,4-11,13H2,1-3H3,(H2,20,21,22). The zero-order valence-electron chi connectivity index (χ0n) is 15.5. The van der Waals surface area contributed by atoms with E-state index in [4.69, 9.17) is 23.2 Å². The number of nitrogens with one attached hydrogen (secondary N) is 2. The van der Waals surface area contributed by atoms with Gasteiger partial charge >= 0.3 is 0 Å². The summed E-state index contributed by atoms with van der Waals surface area (Å²) in [6.45, 7) is 7.47. The minimum absolute atomic E-state index is 0.560. The fourth-order valence-electron chi connectivity index (χ4n) is 2.89. The lowest BCUT2D eigenvalue weighted by atomic mass is 10.2. The first-order valence-corrected chi connectivity index (χ1v) is 9.62. The van der Waals surface area contributed by atoms with Gasteiger partial charge in [0.2, 0.25) is 0 Å². The van der Waals surface area contributed by atoms with Crippen LogP contribution in [-0.2, 0) is 13.6 Å². The number of rotatable bonds is 7. The smallest absolute Gasteiger partial charge is 0.191 e. The summed E-state index contributed by atoms with van der Waals surface area (Å²) in [5.41, 5.74) is 1.02. The predicted molar refractivity (Wildman–Crippen MR) is 107 cm³/mol. The summed E-state index contributed by atoms with van der Waals surface area (Å²) in [4.78, 5) is 9.20. The van der Waals surface area contributed by atoms with Gasteiger partial charge in [-0.3, -0.25) is 4.99 Å². The quantitative estimate of drug-likeness (QED) is 0.426. The molecule has 1 aromatic rings. The van der Waals surface area contributed by atoms with Crippen molar-refractivity contribution in [3.8, 4) is 0 Å². The number of piperazine rings is 1. The van der Waals surface area contributed by atoms with Crippen molar-refractivity contribution in [3.63, 3.8) is 0 Å². The molecule has 6 nitrogen and oxygen atoms in total. The van der Waals surface area contributed by atoms with E-state index in [-0.39, 0.29) is 0 Å². The van der Waals surface area contributed by atoms with Gasteiger partial charge in [-0.25, -0.2) is 0 Å². The highest BCUT2D eigenvalue weighted by atomic mass is 35.5. The highest BCUT2D eigenvalue weighted by molar-refractivity contribution is 6.41. The molecular formula is C17H30Cl2N6. The van der Waals surface area contributed by atoms with Gasteiger partial charge in [-0.15, -0.1) is 0 Å². The molecule has 25 heavy (non-hydrogen) atoms. The first-order chi connectivity index (χ1) is 12.0. The molecule has 0 aromatic carbocycles. The molecule has 1 aliphatic rings. The Morgan fingerprint density at radius 2 is 1.84 bits per heavy atom. The maximum Gasteiger partial charge on any atom is 0.191 e. The summed E-state index contributed by atoms with van der Waals surface area (Å²) in [5.74, 6) is 0.799. The minimum Gasteiger partial charge on any atom is -0.356 e. The molecule has 8 heteroatoms. The largest absolute Gasteiger partial charge is 0.356 e. The van der Waals surface area contributed by atoms with E-state index in [1.165, 1.54) is 39.1 Å². The number of halogens is 2. The zero-order valence-corrected chi connectivity index (χ0v) is 17.0. The van der Waals surface area contributed by atoms with Gasteiger partial charge in [-0.2, -0.15) is 0 Å². The van der Waals surface area contributed by atoms with Crippen molar-refractivity contribution in [2.45, 2.75) is 19.4 Å². The van der Waals surface area contributed by atoms with E-state index in [2.05, 4.69) is 32.5 Å². The van der Waals surface area contributed by atoms with Gasteiger partial charge in [0.1, 0.15) is 5.15 Å². The highest BCUT2D eigenvalue weighted by Crippen LogP contribution is 2.24. The minimum atomic E-state index is 0.560. The van der Waals surface area contributed by atoms with Crippen LogP contribution in [0.4, 0.5) is 0 Å². The van der Waals surface area contributed by atoms with Gasteiger partial charge < -0.3 is 25.0 Å². The molecule has 1 fully saturated rings. The van der Waals surface area contributed by atoms with Gasteiger partial charge in [-0.1, -0.05) is 23.2 Å². The topological polar surface area (TPSA) is 47.8 Å². The number of guanidine groups is 1. The molecular weight excluding hydrogens is 359 g/mol. The summed E-state index contributed by atoms with van der Waals surface area (Å²) in [6, 6.07) is 1.88. The zero-order chi connectivity index (χ0) is 18.2. The number of likely N-dealkylation sites (N-methyl/N-ethyl adjacent to an activating group) is 1. The molecule has 2 rings (SSSR count). The average Bonchev–Trinajstić information content (AvgIpc) is 2.86. The van der Waals surface area contributed by atoms with E-state index in [0.717, 1.165) is 24.6 Å². The van der Waals surface area contributed by atoms with Gasteiger partial charge in [0.15, 0.2) is 5.96 Å². The molecule has 2 heterocycles. The lowest BCUT2D eigenvalue weighted by Crippen LogP contribution is -2.44. The Morgan fingerprint density at radius 3 is 2.44 bits per heavy atom. The molecule has 142 valence electrons. The monoisotopic (exact) mass is 388 g/mol. The van der Waals surface area contributed by atoms with Crippen LogP contribution in [0.5, 0.6) is 0 Å². The van der Waals surface area contributed by atoms with Gasteiger partial charge in [-0.05, 0) is 32.5 Å². The number of hydrogen-bond donors (Lipinski definition) is 2. The van der Waals surface area contributed by atoms with Crippen LogP contribution in [-0.4, -0.2) is 73.7 Å². The van der Waals surface area contributed by atoms with Crippen LogP contribution in [0.3, 0.4) is 0 Å². The normalized spacial score (nSPS) is 17.1. The molecule has 0 unspecified atom stereocenters. The Hall–Kier alpha value is -0.950. The van der Waals surface area contributed by atoms with Gasteiger partial charge in [0.25, 0.3) is 0 Å². The van der Waals surface area contributed by atoms with Crippen LogP contribution in [0.2, 0.25) is 10.2 Å². The molecule has 0 saturated carbocycles. The third-order valence-electron chi connectivity index (χ3n) is 4.67. The molecule has 0 atom stereocenters. The van der Waals surface area contributed by atoms with Crippen LogP contribution < -0.4 is 10.6 Å². The number of aliphatic imine (C=N–C) groups is 1. The van der Waals surface area contributed by atoms with E-state index < -0.39 is 0 Å². The van der Waals surface area contributed by atoms with E-state index in [1.807, 2.05) is 17.7 Å². The van der Waals surface area contributed by atoms with Gasteiger partial charge in [0, 0.05) is 52.5 Å².